The van der Waals surface area contributed by atoms with Crippen molar-refractivity contribution < 1.29 is 9.47 Å². The first-order chi connectivity index (χ1) is 8.15. The quantitative estimate of drug-likeness (QED) is 0.561. The van der Waals surface area contributed by atoms with Gasteiger partial charge >= 0.3 is 0 Å². The first kappa shape index (κ1) is 10.2. The molecule has 2 aromatic carbocycles. The number of rotatable bonds is 0. The van der Waals surface area contributed by atoms with Crippen molar-refractivity contribution in [2.75, 3.05) is 0 Å². The molecule has 0 aliphatic carbocycles. The van der Waals surface area contributed by atoms with Crippen molar-refractivity contribution in [2.45, 2.75) is 20.8 Å². The zero-order chi connectivity index (χ0) is 12.0. The van der Waals surface area contributed by atoms with E-state index in [0.29, 0.717) is 0 Å². The minimum absolute atomic E-state index is 0.794. The van der Waals surface area contributed by atoms with E-state index in [1.165, 1.54) is 5.56 Å². The summed E-state index contributed by atoms with van der Waals surface area (Å²) in [6.07, 6.45) is 0. The second-order valence-corrected chi connectivity index (χ2v) is 4.52. The third-order valence-electron chi connectivity index (χ3n) is 2.98. The molecule has 0 saturated heterocycles. The summed E-state index contributed by atoms with van der Waals surface area (Å²) in [5.41, 5.74) is 3.38. The van der Waals surface area contributed by atoms with Gasteiger partial charge in [-0.3, -0.25) is 0 Å². The van der Waals surface area contributed by atoms with Crippen LogP contribution in [-0.2, 0) is 0 Å². The number of fused-ring (bicyclic) bond motifs is 2. The van der Waals surface area contributed by atoms with E-state index >= 15 is 0 Å². The van der Waals surface area contributed by atoms with Crippen LogP contribution in [-0.4, -0.2) is 0 Å². The van der Waals surface area contributed by atoms with E-state index in [9.17, 15) is 0 Å². The van der Waals surface area contributed by atoms with Gasteiger partial charge in [0.05, 0.1) is 0 Å². The lowest BCUT2D eigenvalue weighted by atomic mass is 10.1. The van der Waals surface area contributed by atoms with Crippen molar-refractivity contribution in [3.63, 3.8) is 0 Å². The zero-order valence-corrected chi connectivity index (χ0v) is 10.2. The Morgan fingerprint density at radius 1 is 0.765 bits per heavy atom. The van der Waals surface area contributed by atoms with Gasteiger partial charge in [0, 0.05) is 0 Å². The summed E-state index contributed by atoms with van der Waals surface area (Å²) in [4.78, 5) is 0. The minimum atomic E-state index is 0.794. The van der Waals surface area contributed by atoms with Crippen LogP contribution in [0.1, 0.15) is 16.7 Å². The summed E-state index contributed by atoms with van der Waals surface area (Å²) >= 11 is 0. The summed E-state index contributed by atoms with van der Waals surface area (Å²) in [6.45, 7) is 6.12. The van der Waals surface area contributed by atoms with Gasteiger partial charge in [0.25, 0.3) is 0 Å². The molecule has 0 amide bonds. The summed E-state index contributed by atoms with van der Waals surface area (Å²) in [6, 6.07) is 10.0. The summed E-state index contributed by atoms with van der Waals surface area (Å²) < 4.78 is 11.9. The molecule has 1 aliphatic rings. The van der Waals surface area contributed by atoms with E-state index in [-0.39, 0.29) is 0 Å². The fraction of sp³-hybridized carbons (Fsp3) is 0.200. The van der Waals surface area contributed by atoms with Gasteiger partial charge in [-0.2, -0.15) is 0 Å². The Labute approximate surface area is 101 Å². The molecule has 0 spiro atoms. The molecule has 0 bridgehead atoms. The Bertz CT molecular complexity index is 600. The average Bonchev–Trinajstić information content (AvgIpc) is 2.27. The van der Waals surface area contributed by atoms with Gasteiger partial charge in [0.2, 0.25) is 0 Å². The summed E-state index contributed by atoms with van der Waals surface area (Å²) in [5, 5.41) is 0. The Morgan fingerprint density at radius 3 is 2.35 bits per heavy atom. The number of para-hydroxylation sites is 1. The standard InChI is InChI=1S/C15H14O2/c1-9-7-11(3)15-13(8-9)16-12-6-4-5-10(2)14(12)17-15/h4-8H,1-3H3. The monoisotopic (exact) mass is 226 g/mol. The van der Waals surface area contributed by atoms with Gasteiger partial charge < -0.3 is 9.47 Å². The number of ether oxygens (including phenoxy) is 2. The van der Waals surface area contributed by atoms with Gasteiger partial charge in [-0.05, 0) is 49.6 Å². The van der Waals surface area contributed by atoms with Crippen LogP contribution in [0.5, 0.6) is 23.0 Å². The zero-order valence-electron chi connectivity index (χ0n) is 10.2. The molecule has 2 nitrogen and oxygen atoms in total. The van der Waals surface area contributed by atoms with E-state index in [4.69, 9.17) is 9.47 Å². The second kappa shape index (κ2) is 3.52. The van der Waals surface area contributed by atoms with Crippen molar-refractivity contribution in [1.29, 1.82) is 0 Å². The molecule has 0 fully saturated rings. The lowest BCUT2D eigenvalue weighted by Crippen LogP contribution is -2.02. The van der Waals surface area contributed by atoms with Crippen LogP contribution >= 0.6 is 0 Å². The fourth-order valence-electron chi connectivity index (χ4n) is 2.18. The molecule has 3 rings (SSSR count). The maximum Gasteiger partial charge on any atom is 0.173 e. The third kappa shape index (κ3) is 1.57. The first-order valence-electron chi connectivity index (χ1n) is 5.72. The van der Waals surface area contributed by atoms with E-state index in [1.807, 2.05) is 38.1 Å². The lowest BCUT2D eigenvalue weighted by molar-refractivity contribution is 0.355. The molecule has 2 heteroatoms. The SMILES string of the molecule is Cc1cc(C)c2c(c1)Oc1cccc(C)c1O2. The fourth-order valence-corrected chi connectivity index (χ4v) is 2.18. The van der Waals surface area contributed by atoms with E-state index < -0.39 is 0 Å². The van der Waals surface area contributed by atoms with Crippen LogP contribution in [0.4, 0.5) is 0 Å². The van der Waals surface area contributed by atoms with Crippen LogP contribution in [0.25, 0.3) is 0 Å². The highest BCUT2D eigenvalue weighted by Crippen LogP contribution is 2.48. The lowest BCUT2D eigenvalue weighted by Gasteiger charge is -2.23. The highest BCUT2D eigenvalue weighted by Gasteiger charge is 2.21. The average molecular weight is 226 g/mol. The molecule has 0 N–H and O–H groups in total. The van der Waals surface area contributed by atoms with Crippen LogP contribution < -0.4 is 9.47 Å². The van der Waals surface area contributed by atoms with Crippen molar-refractivity contribution in [2.24, 2.45) is 0 Å². The van der Waals surface area contributed by atoms with E-state index in [0.717, 1.165) is 34.1 Å². The van der Waals surface area contributed by atoms with Gasteiger partial charge in [-0.25, -0.2) is 0 Å². The van der Waals surface area contributed by atoms with Gasteiger partial charge in [0.1, 0.15) is 0 Å². The van der Waals surface area contributed by atoms with Crippen molar-refractivity contribution in [1.82, 2.24) is 0 Å². The molecule has 0 radical (unpaired) electrons. The molecule has 1 aliphatic heterocycles. The van der Waals surface area contributed by atoms with Gasteiger partial charge in [-0.1, -0.05) is 18.2 Å². The number of benzene rings is 2. The number of aryl methyl sites for hydroxylation is 3. The van der Waals surface area contributed by atoms with Gasteiger partial charge in [0.15, 0.2) is 23.0 Å². The molecule has 1 heterocycles. The molecule has 0 aromatic heterocycles. The molecule has 0 unspecified atom stereocenters. The predicted molar refractivity (Wildman–Crippen MR) is 67.2 cm³/mol. The van der Waals surface area contributed by atoms with E-state index in [1.54, 1.807) is 0 Å². The molecule has 0 atom stereocenters. The minimum Gasteiger partial charge on any atom is -0.449 e. The number of hydrogen-bond acceptors (Lipinski definition) is 2. The Morgan fingerprint density at radius 2 is 1.53 bits per heavy atom. The topological polar surface area (TPSA) is 18.5 Å². The Balaban J connectivity index is 2.17. The van der Waals surface area contributed by atoms with Crippen molar-refractivity contribution in [3.8, 4) is 23.0 Å². The molecule has 0 saturated carbocycles. The highest BCUT2D eigenvalue weighted by molar-refractivity contribution is 5.60. The number of hydrogen-bond donors (Lipinski definition) is 0. The van der Waals surface area contributed by atoms with Crippen LogP contribution in [0.15, 0.2) is 30.3 Å². The van der Waals surface area contributed by atoms with Crippen LogP contribution in [0, 0.1) is 20.8 Å². The normalized spacial score (nSPS) is 12.2. The van der Waals surface area contributed by atoms with Crippen molar-refractivity contribution in [3.05, 3.63) is 47.0 Å². The second-order valence-electron chi connectivity index (χ2n) is 4.52. The first-order valence-corrected chi connectivity index (χ1v) is 5.72. The summed E-state index contributed by atoms with van der Waals surface area (Å²) in [5.74, 6) is 3.26. The highest BCUT2D eigenvalue weighted by atomic mass is 16.6. The molecule has 86 valence electrons. The molecular formula is C15H14O2. The van der Waals surface area contributed by atoms with Crippen LogP contribution in [0.3, 0.4) is 0 Å². The Hall–Kier alpha value is -1.96. The summed E-state index contributed by atoms with van der Waals surface area (Å²) in [7, 11) is 0. The third-order valence-corrected chi connectivity index (χ3v) is 2.98. The largest absolute Gasteiger partial charge is 0.449 e. The van der Waals surface area contributed by atoms with E-state index in [2.05, 4.69) is 13.0 Å². The van der Waals surface area contributed by atoms with Gasteiger partial charge in [-0.15, -0.1) is 0 Å². The smallest absolute Gasteiger partial charge is 0.173 e. The maximum absolute atomic E-state index is 5.97. The van der Waals surface area contributed by atoms with Crippen LogP contribution in [0.2, 0.25) is 0 Å². The molecular weight excluding hydrogens is 212 g/mol. The Kier molecular flexibility index (Phi) is 2.11. The molecule has 17 heavy (non-hydrogen) atoms. The maximum atomic E-state index is 5.97. The van der Waals surface area contributed by atoms with Crippen molar-refractivity contribution >= 4 is 0 Å². The molecule has 2 aromatic rings. The predicted octanol–water partition coefficient (Wildman–Crippen LogP) is 4.51.